The number of aromatic nitrogens is 2. The van der Waals surface area contributed by atoms with E-state index in [0.29, 0.717) is 0 Å². The van der Waals surface area contributed by atoms with E-state index in [-0.39, 0.29) is 17.5 Å². The maximum Gasteiger partial charge on any atom is 0.371 e. The number of H-pyrrole nitrogens is 1. The molecule has 0 saturated carbocycles. The lowest BCUT2D eigenvalue weighted by molar-refractivity contribution is 0.0660. The third-order valence-electron chi connectivity index (χ3n) is 1.77. The van der Waals surface area contributed by atoms with Crippen LogP contribution >= 0.6 is 0 Å². The Morgan fingerprint density at radius 1 is 1.38 bits per heavy atom. The van der Waals surface area contributed by atoms with Crippen LogP contribution in [0.15, 0.2) is 28.9 Å². The normalized spacial score (nSPS) is 10.0. The molecular formula is C9H7N3O4. The zero-order valence-corrected chi connectivity index (χ0v) is 7.93. The van der Waals surface area contributed by atoms with Gasteiger partial charge in [0.05, 0.1) is 0 Å². The molecule has 1 amide bonds. The molecule has 0 aliphatic heterocycles. The van der Waals surface area contributed by atoms with Crippen LogP contribution in [0.3, 0.4) is 0 Å². The van der Waals surface area contributed by atoms with Gasteiger partial charge in [-0.05, 0) is 12.1 Å². The van der Waals surface area contributed by atoms with E-state index in [1.165, 1.54) is 18.3 Å². The molecule has 0 spiro atoms. The number of carbonyl (C=O) groups is 2. The van der Waals surface area contributed by atoms with E-state index in [9.17, 15) is 9.59 Å². The van der Waals surface area contributed by atoms with Gasteiger partial charge in [-0.2, -0.15) is 0 Å². The first-order chi connectivity index (χ1) is 7.66. The number of hydrogen-bond donors (Lipinski definition) is 3. The first kappa shape index (κ1) is 9.97. The Labute approximate surface area is 89.1 Å². The quantitative estimate of drug-likeness (QED) is 0.715. The van der Waals surface area contributed by atoms with Gasteiger partial charge < -0.3 is 14.5 Å². The fourth-order valence-corrected chi connectivity index (χ4v) is 1.08. The summed E-state index contributed by atoms with van der Waals surface area (Å²) < 4.78 is 4.80. The number of hydrogen-bond acceptors (Lipinski definition) is 4. The average Bonchev–Trinajstić information content (AvgIpc) is 2.86. The summed E-state index contributed by atoms with van der Waals surface area (Å²) in [5.74, 6) is -1.91. The summed E-state index contributed by atoms with van der Waals surface area (Å²) in [5, 5.41) is 11.0. The highest BCUT2D eigenvalue weighted by Gasteiger charge is 2.15. The van der Waals surface area contributed by atoms with Crippen molar-refractivity contribution in [2.24, 2.45) is 0 Å². The topological polar surface area (TPSA) is 108 Å². The van der Waals surface area contributed by atoms with Crippen LogP contribution in [0.5, 0.6) is 0 Å². The highest BCUT2D eigenvalue weighted by molar-refractivity contribution is 6.01. The van der Waals surface area contributed by atoms with Gasteiger partial charge in [0.25, 0.3) is 5.91 Å². The van der Waals surface area contributed by atoms with Crippen LogP contribution in [0.25, 0.3) is 0 Å². The van der Waals surface area contributed by atoms with Gasteiger partial charge in [0.1, 0.15) is 0 Å². The summed E-state index contributed by atoms with van der Waals surface area (Å²) in [6, 6.07) is 2.49. The number of furan rings is 1. The average molecular weight is 221 g/mol. The number of aromatic amines is 1. The molecule has 0 aliphatic rings. The molecule has 7 heteroatoms. The molecule has 2 aromatic rings. The van der Waals surface area contributed by atoms with Crippen LogP contribution < -0.4 is 5.32 Å². The number of carbonyl (C=O) groups excluding carboxylic acids is 1. The first-order valence-corrected chi connectivity index (χ1v) is 4.30. The Morgan fingerprint density at radius 2 is 2.12 bits per heavy atom. The van der Waals surface area contributed by atoms with E-state index >= 15 is 0 Å². The highest BCUT2D eigenvalue weighted by Crippen LogP contribution is 2.09. The molecule has 16 heavy (non-hydrogen) atoms. The van der Waals surface area contributed by atoms with Gasteiger partial charge in [0.15, 0.2) is 5.76 Å². The molecule has 82 valence electrons. The Balaban J connectivity index is 2.12. The first-order valence-electron chi connectivity index (χ1n) is 4.30. The number of amides is 1. The minimum absolute atomic E-state index is 0.0891. The van der Waals surface area contributed by atoms with Gasteiger partial charge in [0, 0.05) is 12.4 Å². The largest absolute Gasteiger partial charge is 0.475 e. The van der Waals surface area contributed by atoms with Crippen LogP contribution in [0.1, 0.15) is 21.1 Å². The number of carboxylic acids is 1. The third-order valence-corrected chi connectivity index (χ3v) is 1.77. The van der Waals surface area contributed by atoms with Crippen molar-refractivity contribution in [1.29, 1.82) is 0 Å². The maximum atomic E-state index is 11.5. The van der Waals surface area contributed by atoms with Crippen LogP contribution in [-0.4, -0.2) is 27.0 Å². The predicted octanol–water partition coefficient (Wildman–Crippen LogP) is 0.953. The second-order valence-electron chi connectivity index (χ2n) is 2.86. The van der Waals surface area contributed by atoms with Gasteiger partial charge in [0.2, 0.25) is 11.7 Å². The number of nitrogens with zero attached hydrogens (tertiary/aromatic N) is 1. The molecule has 0 radical (unpaired) electrons. The van der Waals surface area contributed by atoms with Crippen molar-refractivity contribution in [2.75, 3.05) is 5.32 Å². The second-order valence-corrected chi connectivity index (χ2v) is 2.86. The number of imidazole rings is 1. The van der Waals surface area contributed by atoms with Crippen LogP contribution in [0, 0.1) is 0 Å². The van der Waals surface area contributed by atoms with Gasteiger partial charge in [-0.3, -0.25) is 10.1 Å². The van der Waals surface area contributed by atoms with Crippen molar-refractivity contribution in [3.05, 3.63) is 36.0 Å². The van der Waals surface area contributed by atoms with E-state index in [2.05, 4.69) is 15.3 Å². The lowest BCUT2D eigenvalue weighted by Gasteiger charge is -1.97. The molecule has 0 fully saturated rings. The summed E-state index contributed by atoms with van der Waals surface area (Å²) in [6.45, 7) is 0. The summed E-state index contributed by atoms with van der Waals surface area (Å²) in [5.41, 5.74) is 0. The second kappa shape index (κ2) is 3.89. The Hall–Kier alpha value is -2.57. The van der Waals surface area contributed by atoms with Crippen molar-refractivity contribution in [2.45, 2.75) is 0 Å². The summed E-state index contributed by atoms with van der Waals surface area (Å²) in [4.78, 5) is 28.4. The SMILES string of the molecule is O=C(O)c1ccc(C(=O)Nc2ncc[nH]2)o1. The van der Waals surface area contributed by atoms with Crippen molar-refractivity contribution in [3.63, 3.8) is 0 Å². The summed E-state index contributed by atoms with van der Waals surface area (Å²) >= 11 is 0. The molecular weight excluding hydrogens is 214 g/mol. The fraction of sp³-hybridized carbons (Fsp3) is 0. The predicted molar refractivity (Wildman–Crippen MR) is 52.2 cm³/mol. The van der Waals surface area contributed by atoms with Crippen molar-refractivity contribution < 1.29 is 19.1 Å². The van der Waals surface area contributed by atoms with E-state index in [1.807, 2.05) is 0 Å². The zero-order chi connectivity index (χ0) is 11.5. The maximum absolute atomic E-state index is 11.5. The number of anilines is 1. The Bertz CT molecular complexity index is 515. The van der Waals surface area contributed by atoms with E-state index in [4.69, 9.17) is 9.52 Å². The molecule has 3 N–H and O–H groups in total. The van der Waals surface area contributed by atoms with Crippen LogP contribution in [0.4, 0.5) is 5.95 Å². The molecule has 2 aromatic heterocycles. The summed E-state index contributed by atoms with van der Waals surface area (Å²) in [7, 11) is 0. The van der Waals surface area contributed by atoms with Gasteiger partial charge in [-0.25, -0.2) is 9.78 Å². The standard InChI is InChI=1S/C9H7N3O4/c13-7(12-9-10-3-4-11-9)5-1-2-6(16-5)8(14)15/h1-4H,(H,14,15)(H2,10,11,12,13). The highest BCUT2D eigenvalue weighted by atomic mass is 16.4. The molecule has 0 aromatic carbocycles. The van der Waals surface area contributed by atoms with Crippen molar-refractivity contribution >= 4 is 17.8 Å². The molecule has 0 unspecified atom stereocenters. The number of nitrogens with one attached hydrogen (secondary N) is 2. The fourth-order valence-electron chi connectivity index (χ4n) is 1.08. The third kappa shape index (κ3) is 1.92. The van der Waals surface area contributed by atoms with Gasteiger partial charge >= 0.3 is 5.97 Å². The smallest absolute Gasteiger partial charge is 0.371 e. The van der Waals surface area contributed by atoms with Crippen molar-refractivity contribution in [3.8, 4) is 0 Å². The minimum Gasteiger partial charge on any atom is -0.475 e. The minimum atomic E-state index is -1.22. The van der Waals surface area contributed by atoms with Gasteiger partial charge in [-0.15, -0.1) is 0 Å². The number of rotatable bonds is 3. The lowest BCUT2D eigenvalue weighted by Crippen LogP contribution is -2.12. The summed E-state index contributed by atoms with van der Waals surface area (Å²) in [6.07, 6.45) is 3.01. The van der Waals surface area contributed by atoms with Crippen molar-refractivity contribution in [1.82, 2.24) is 9.97 Å². The molecule has 2 rings (SSSR count). The number of aromatic carboxylic acids is 1. The molecule has 7 nitrogen and oxygen atoms in total. The van der Waals surface area contributed by atoms with Crippen LogP contribution in [-0.2, 0) is 0 Å². The Kier molecular flexibility index (Phi) is 2.42. The van der Waals surface area contributed by atoms with E-state index < -0.39 is 11.9 Å². The Morgan fingerprint density at radius 3 is 2.69 bits per heavy atom. The van der Waals surface area contributed by atoms with E-state index in [1.54, 1.807) is 6.20 Å². The zero-order valence-electron chi connectivity index (χ0n) is 7.93. The molecule has 0 saturated heterocycles. The monoisotopic (exact) mass is 221 g/mol. The molecule has 0 atom stereocenters. The van der Waals surface area contributed by atoms with Gasteiger partial charge in [-0.1, -0.05) is 0 Å². The molecule has 2 heterocycles. The van der Waals surface area contributed by atoms with Crippen LogP contribution in [0.2, 0.25) is 0 Å². The van der Waals surface area contributed by atoms with E-state index in [0.717, 1.165) is 0 Å². The lowest BCUT2D eigenvalue weighted by atomic mass is 10.4. The molecule has 0 bridgehead atoms. The number of carboxylic acid groups (broad SMARTS) is 1. The molecule has 0 aliphatic carbocycles.